The largest absolute Gasteiger partial charge is 0.452 e. The molecule has 0 saturated carbocycles. The van der Waals surface area contributed by atoms with E-state index in [-0.39, 0.29) is 18.7 Å². The Morgan fingerprint density at radius 2 is 1.79 bits per heavy atom. The van der Waals surface area contributed by atoms with Crippen molar-refractivity contribution in [2.24, 2.45) is 5.14 Å². The van der Waals surface area contributed by atoms with E-state index in [0.717, 1.165) is 29.2 Å². The van der Waals surface area contributed by atoms with Gasteiger partial charge in [-0.3, -0.25) is 4.79 Å². The van der Waals surface area contributed by atoms with Crippen LogP contribution in [0.2, 0.25) is 0 Å². The van der Waals surface area contributed by atoms with Crippen molar-refractivity contribution in [2.45, 2.75) is 11.3 Å². The van der Waals surface area contributed by atoms with Gasteiger partial charge in [0.1, 0.15) is 11.6 Å². The van der Waals surface area contributed by atoms with Crippen molar-refractivity contribution in [2.75, 3.05) is 18.1 Å². The topological polar surface area (TPSA) is 131 Å². The molecule has 0 fully saturated rings. The lowest BCUT2D eigenvalue weighted by Crippen LogP contribution is -2.35. The number of esters is 1. The fourth-order valence-corrected chi connectivity index (χ4v) is 2.84. The molecule has 8 nitrogen and oxygen atoms in total. The molecule has 0 heterocycles. The van der Waals surface area contributed by atoms with Crippen molar-refractivity contribution in [1.82, 2.24) is 0 Å². The van der Waals surface area contributed by atoms with Gasteiger partial charge in [0.15, 0.2) is 6.61 Å². The van der Waals surface area contributed by atoms with Gasteiger partial charge in [-0.15, -0.1) is 0 Å². The average molecular weight is 423 g/mol. The standard InChI is InChI=1S/C18H15F2N3O5S/c19-12-2-4-13(5-3-12)23(9-1-8-21)17(24)11-28-18(25)15-10-14(29(22,26)27)6-7-16(15)20/h2-7,10H,1,9,11H2,(H2,22,26,27). The predicted molar refractivity (Wildman–Crippen MR) is 97.0 cm³/mol. The molecule has 0 radical (unpaired) electrons. The maximum Gasteiger partial charge on any atom is 0.341 e. The van der Waals surface area contributed by atoms with Crippen molar-refractivity contribution < 1.29 is 31.5 Å². The molecule has 0 aromatic heterocycles. The van der Waals surface area contributed by atoms with Crippen LogP contribution in [0.15, 0.2) is 47.4 Å². The Hall–Kier alpha value is -3.36. The van der Waals surface area contributed by atoms with E-state index in [2.05, 4.69) is 0 Å². The molecule has 1 amide bonds. The highest BCUT2D eigenvalue weighted by Gasteiger charge is 2.21. The van der Waals surface area contributed by atoms with Crippen LogP contribution in [0.5, 0.6) is 0 Å². The van der Waals surface area contributed by atoms with Crippen LogP contribution in [-0.2, 0) is 19.6 Å². The molecule has 2 aromatic rings. The highest BCUT2D eigenvalue weighted by atomic mass is 32.2. The second-order valence-corrected chi connectivity index (χ2v) is 7.25. The normalized spacial score (nSPS) is 10.8. The minimum atomic E-state index is -4.18. The number of halogens is 2. The SMILES string of the molecule is N#CCCN(C(=O)COC(=O)c1cc(S(N)(=O)=O)ccc1F)c1ccc(F)cc1. The lowest BCUT2D eigenvalue weighted by molar-refractivity contribution is -0.121. The van der Waals surface area contributed by atoms with Crippen molar-refractivity contribution in [3.8, 4) is 6.07 Å². The molecule has 0 aliphatic heterocycles. The quantitative estimate of drug-likeness (QED) is 0.675. The van der Waals surface area contributed by atoms with Crippen LogP contribution < -0.4 is 10.0 Å². The molecule has 11 heteroatoms. The van der Waals surface area contributed by atoms with Crippen LogP contribution in [0.25, 0.3) is 0 Å². The van der Waals surface area contributed by atoms with E-state index in [1.54, 1.807) is 0 Å². The number of nitrogens with two attached hydrogens (primary N) is 1. The van der Waals surface area contributed by atoms with E-state index >= 15 is 0 Å². The summed E-state index contributed by atoms with van der Waals surface area (Å²) in [7, 11) is -4.18. The smallest absolute Gasteiger partial charge is 0.341 e. The van der Waals surface area contributed by atoms with Crippen molar-refractivity contribution in [1.29, 1.82) is 5.26 Å². The number of nitriles is 1. The van der Waals surface area contributed by atoms with Crippen LogP contribution in [-0.4, -0.2) is 33.4 Å². The zero-order valence-electron chi connectivity index (χ0n) is 14.8. The summed E-state index contributed by atoms with van der Waals surface area (Å²) in [6.45, 7) is -0.867. The first-order valence-electron chi connectivity index (χ1n) is 8.06. The number of rotatable bonds is 7. The van der Waals surface area contributed by atoms with Gasteiger partial charge in [-0.05, 0) is 42.5 Å². The van der Waals surface area contributed by atoms with Gasteiger partial charge in [0.25, 0.3) is 5.91 Å². The number of sulfonamides is 1. The van der Waals surface area contributed by atoms with Gasteiger partial charge in [0, 0.05) is 12.2 Å². The molecule has 0 atom stereocenters. The molecule has 2 N–H and O–H groups in total. The molecule has 29 heavy (non-hydrogen) atoms. The van der Waals surface area contributed by atoms with Crippen LogP contribution in [0.3, 0.4) is 0 Å². The van der Waals surface area contributed by atoms with E-state index < -0.39 is 50.6 Å². The first-order chi connectivity index (χ1) is 13.6. The minimum Gasteiger partial charge on any atom is -0.452 e. The first kappa shape index (κ1) is 21.9. The fraction of sp³-hybridized carbons (Fsp3) is 0.167. The zero-order valence-corrected chi connectivity index (χ0v) is 15.7. The molecule has 2 aromatic carbocycles. The number of hydrogen-bond acceptors (Lipinski definition) is 6. The van der Waals surface area contributed by atoms with E-state index in [9.17, 15) is 26.8 Å². The van der Waals surface area contributed by atoms with Gasteiger partial charge >= 0.3 is 5.97 Å². The van der Waals surface area contributed by atoms with E-state index in [0.29, 0.717) is 6.07 Å². The van der Waals surface area contributed by atoms with E-state index in [4.69, 9.17) is 15.1 Å². The highest BCUT2D eigenvalue weighted by Crippen LogP contribution is 2.17. The van der Waals surface area contributed by atoms with Gasteiger partial charge in [-0.25, -0.2) is 27.1 Å². The van der Waals surface area contributed by atoms with E-state index in [1.807, 2.05) is 6.07 Å². The average Bonchev–Trinajstić information content (AvgIpc) is 2.67. The molecule has 152 valence electrons. The van der Waals surface area contributed by atoms with E-state index in [1.165, 1.54) is 12.1 Å². The van der Waals surface area contributed by atoms with Crippen LogP contribution in [0.1, 0.15) is 16.8 Å². The van der Waals surface area contributed by atoms with Crippen molar-refractivity contribution in [3.63, 3.8) is 0 Å². The Morgan fingerprint density at radius 1 is 1.14 bits per heavy atom. The zero-order chi connectivity index (χ0) is 21.6. The number of nitrogens with zero attached hydrogens (tertiary/aromatic N) is 2. The molecule has 0 unspecified atom stereocenters. The van der Waals surface area contributed by atoms with Crippen LogP contribution in [0.4, 0.5) is 14.5 Å². The number of carbonyl (C=O) groups is 2. The Balaban J connectivity index is 2.16. The monoisotopic (exact) mass is 423 g/mol. The fourth-order valence-electron chi connectivity index (χ4n) is 2.30. The van der Waals surface area contributed by atoms with Crippen LogP contribution in [0, 0.1) is 23.0 Å². The summed E-state index contributed by atoms with van der Waals surface area (Å²) in [5.41, 5.74) is -0.445. The second kappa shape index (κ2) is 9.22. The number of ether oxygens (including phenoxy) is 1. The van der Waals surface area contributed by atoms with Gasteiger partial charge in [0.2, 0.25) is 10.0 Å². The summed E-state index contributed by atoms with van der Waals surface area (Å²) in [6, 6.07) is 9.01. The molecule has 0 saturated heterocycles. The number of hydrogen-bond donors (Lipinski definition) is 1. The molecule has 2 rings (SSSR count). The summed E-state index contributed by atoms with van der Waals surface area (Å²) in [4.78, 5) is 25.1. The number of anilines is 1. The number of primary sulfonamides is 1. The second-order valence-electron chi connectivity index (χ2n) is 5.69. The third-order valence-corrected chi connectivity index (χ3v) is 4.61. The van der Waals surface area contributed by atoms with Gasteiger partial charge in [-0.2, -0.15) is 5.26 Å². The third-order valence-electron chi connectivity index (χ3n) is 3.70. The Morgan fingerprint density at radius 3 is 2.38 bits per heavy atom. The molecular formula is C18H15F2N3O5S. The maximum absolute atomic E-state index is 13.9. The minimum absolute atomic E-state index is 0.0396. The lowest BCUT2D eigenvalue weighted by atomic mass is 10.2. The molecule has 0 aliphatic carbocycles. The third kappa shape index (κ3) is 5.81. The van der Waals surface area contributed by atoms with Gasteiger partial charge in [-0.1, -0.05) is 0 Å². The predicted octanol–water partition coefficient (Wildman–Crippen LogP) is 1.72. The number of amides is 1. The lowest BCUT2D eigenvalue weighted by Gasteiger charge is -2.21. The maximum atomic E-state index is 13.9. The summed E-state index contributed by atoms with van der Waals surface area (Å²) in [5.74, 6) is -3.61. The summed E-state index contributed by atoms with van der Waals surface area (Å²) in [5, 5.41) is 13.7. The Labute approximate surface area is 165 Å². The van der Waals surface area contributed by atoms with Crippen LogP contribution >= 0.6 is 0 Å². The highest BCUT2D eigenvalue weighted by molar-refractivity contribution is 7.89. The van der Waals surface area contributed by atoms with Gasteiger partial charge in [0.05, 0.1) is 22.9 Å². The number of benzene rings is 2. The molecule has 0 aliphatic rings. The van der Waals surface area contributed by atoms with Crippen molar-refractivity contribution >= 4 is 27.6 Å². The Kier molecular flexibility index (Phi) is 6.98. The molecule has 0 spiro atoms. The molecule has 0 bridgehead atoms. The van der Waals surface area contributed by atoms with Gasteiger partial charge < -0.3 is 9.64 Å². The first-order valence-corrected chi connectivity index (χ1v) is 9.60. The van der Waals surface area contributed by atoms with Crippen molar-refractivity contribution in [3.05, 3.63) is 59.7 Å². The summed E-state index contributed by atoms with van der Waals surface area (Å²) >= 11 is 0. The Bertz CT molecular complexity index is 1070. The summed E-state index contributed by atoms with van der Waals surface area (Å²) in [6.07, 6.45) is -0.0396. The number of carbonyl (C=O) groups excluding carboxylic acids is 2. The molecular weight excluding hydrogens is 408 g/mol. The summed E-state index contributed by atoms with van der Waals surface area (Å²) < 4.78 is 54.4.